The zero-order valence-corrected chi connectivity index (χ0v) is 21.0. The van der Waals surface area contributed by atoms with E-state index in [2.05, 4.69) is 70.6 Å². The van der Waals surface area contributed by atoms with Crippen molar-refractivity contribution in [3.63, 3.8) is 0 Å². The first-order valence-electron chi connectivity index (χ1n) is 12.5. The first-order chi connectivity index (χ1) is 17.6. The highest BCUT2D eigenvalue weighted by Gasteiger charge is 2.23. The maximum atomic E-state index is 13.6. The monoisotopic (exact) mass is 484 g/mol. The average Bonchev–Trinajstić information content (AvgIpc) is 2.92. The number of hydrogen-bond donors (Lipinski definition) is 2. The molecule has 3 aromatic carbocycles. The van der Waals surface area contributed by atoms with E-state index in [1.807, 2.05) is 41.3 Å². The van der Waals surface area contributed by atoms with Crippen molar-refractivity contribution in [3.05, 3.63) is 108 Å². The molecule has 1 saturated heterocycles. The van der Waals surface area contributed by atoms with E-state index in [0.29, 0.717) is 24.5 Å². The van der Waals surface area contributed by atoms with Crippen molar-refractivity contribution in [2.75, 3.05) is 58.2 Å². The Morgan fingerprint density at radius 2 is 1.64 bits per heavy atom. The Kier molecular flexibility index (Phi) is 9.14. The number of carbonyl (C=O) groups is 1. The normalized spacial score (nSPS) is 13.8. The summed E-state index contributed by atoms with van der Waals surface area (Å²) in [5.41, 5.74) is 4.08. The second-order valence-electron chi connectivity index (χ2n) is 9.19. The summed E-state index contributed by atoms with van der Waals surface area (Å²) in [5, 5.41) is 6.47. The molecule has 1 aliphatic heterocycles. The molecular weight excluding hydrogens is 448 g/mol. The predicted molar refractivity (Wildman–Crippen MR) is 147 cm³/mol. The number of ether oxygens (including phenoxy) is 1. The number of nitrogens with zero attached hydrogens (tertiary/aromatic N) is 2. The maximum Gasteiger partial charge on any atom is 0.322 e. The Morgan fingerprint density at radius 3 is 2.25 bits per heavy atom. The number of anilines is 1. The SMILES string of the molecule is C=C(CN1CCNCC1)CN(CC(c1ccccc1)c1ccccc1)C(=O)Nc1cccc(OC)c1. The van der Waals surface area contributed by atoms with E-state index in [9.17, 15) is 4.79 Å². The topological polar surface area (TPSA) is 56.8 Å². The molecular formula is C30H36N4O2. The molecule has 0 atom stereocenters. The molecule has 1 fully saturated rings. The molecule has 1 aliphatic rings. The summed E-state index contributed by atoms with van der Waals surface area (Å²) in [6.45, 7) is 10.1. The van der Waals surface area contributed by atoms with E-state index in [1.54, 1.807) is 7.11 Å². The molecule has 0 radical (unpaired) electrons. The number of hydrogen-bond acceptors (Lipinski definition) is 4. The largest absolute Gasteiger partial charge is 0.497 e. The lowest BCUT2D eigenvalue weighted by atomic mass is 9.90. The Balaban J connectivity index is 1.57. The summed E-state index contributed by atoms with van der Waals surface area (Å²) < 4.78 is 5.34. The summed E-state index contributed by atoms with van der Waals surface area (Å²) in [6, 6.07) is 28.1. The van der Waals surface area contributed by atoms with Gasteiger partial charge in [0.25, 0.3) is 0 Å². The molecule has 0 bridgehead atoms. The van der Waals surface area contributed by atoms with Gasteiger partial charge in [0.05, 0.1) is 7.11 Å². The Labute approximate surface area is 214 Å². The highest BCUT2D eigenvalue weighted by molar-refractivity contribution is 5.89. The van der Waals surface area contributed by atoms with E-state index >= 15 is 0 Å². The number of methoxy groups -OCH3 is 1. The minimum Gasteiger partial charge on any atom is -0.497 e. The van der Waals surface area contributed by atoms with Gasteiger partial charge >= 0.3 is 6.03 Å². The van der Waals surface area contributed by atoms with Crippen LogP contribution in [0.4, 0.5) is 10.5 Å². The van der Waals surface area contributed by atoms with Crippen LogP contribution in [-0.2, 0) is 0 Å². The molecule has 0 saturated carbocycles. The number of rotatable bonds is 10. The van der Waals surface area contributed by atoms with Gasteiger partial charge in [0, 0.05) is 63.5 Å². The van der Waals surface area contributed by atoms with Crippen LogP contribution in [0.2, 0.25) is 0 Å². The fourth-order valence-electron chi connectivity index (χ4n) is 4.62. The fourth-order valence-corrected chi connectivity index (χ4v) is 4.62. The zero-order valence-electron chi connectivity index (χ0n) is 21.0. The first-order valence-corrected chi connectivity index (χ1v) is 12.5. The van der Waals surface area contributed by atoms with Crippen LogP contribution >= 0.6 is 0 Å². The molecule has 0 unspecified atom stereocenters. The number of nitrogens with one attached hydrogen (secondary N) is 2. The summed E-state index contributed by atoms with van der Waals surface area (Å²) >= 11 is 0. The van der Waals surface area contributed by atoms with Gasteiger partial charge in [0.1, 0.15) is 5.75 Å². The van der Waals surface area contributed by atoms with Gasteiger partial charge in [-0.25, -0.2) is 4.79 Å². The van der Waals surface area contributed by atoms with Crippen LogP contribution in [0, 0.1) is 0 Å². The number of urea groups is 1. The van der Waals surface area contributed by atoms with Gasteiger partial charge in [-0.3, -0.25) is 4.90 Å². The summed E-state index contributed by atoms with van der Waals surface area (Å²) in [4.78, 5) is 17.9. The summed E-state index contributed by atoms with van der Waals surface area (Å²) in [7, 11) is 1.62. The predicted octanol–water partition coefficient (Wildman–Crippen LogP) is 4.82. The molecule has 4 rings (SSSR count). The molecule has 188 valence electrons. The van der Waals surface area contributed by atoms with Crippen molar-refractivity contribution in [1.29, 1.82) is 0 Å². The minimum absolute atomic E-state index is 0.0375. The molecule has 1 heterocycles. The number of piperazine rings is 1. The third-order valence-electron chi connectivity index (χ3n) is 6.49. The van der Waals surface area contributed by atoms with Gasteiger partial charge in [-0.1, -0.05) is 73.3 Å². The molecule has 0 aromatic heterocycles. The quantitative estimate of drug-likeness (QED) is 0.405. The van der Waals surface area contributed by atoms with Crippen molar-refractivity contribution in [2.45, 2.75) is 5.92 Å². The molecule has 6 nitrogen and oxygen atoms in total. The first kappa shape index (κ1) is 25.5. The van der Waals surface area contributed by atoms with Crippen LogP contribution in [0.1, 0.15) is 17.0 Å². The molecule has 0 aliphatic carbocycles. The lowest BCUT2D eigenvalue weighted by Crippen LogP contribution is -2.45. The summed E-state index contributed by atoms with van der Waals surface area (Å²) in [6.07, 6.45) is 0. The smallest absolute Gasteiger partial charge is 0.322 e. The number of carbonyl (C=O) groups excluding carboxylic acids is 1. The van der Waals surface area contributed by atoms with Gasteiger partial charge in [-0.2, -0.15) is 0 Å². The van der Waals surface area contributed by atoms with Gasteiger partial charge < -0.3 is 20.3 Å². The van der Waals surface area contributed by atoms with E-state index in [0.717, 1.165) is 38.3 Å². The Morgan fingerprint density at radius 1 is 1.00 bits per heavy atom. The maximum absolute atomic E-state index is 13.6. The molecule has 2 N–H and O–H groups in total. The van der Waals surface area contributed by atoms with E-state index in [-0.39, 0.29) is 11.9 Å². The van der Waals surface area contributed by atoms with E-state index < -0.39 is 0 Å². The standard InChI is InChI=1S/C30H36N4O2/c1-24(21-33-18-16-31-17-19-33)22-34(30(35)32-27-14-9-15-28(20-27)36-2)23-29(25-10-5-3-6-11-25)26-12-7-4-8-13-26/h3-15,20,29,31H,1,16-19,21-23H2,2H3,(H,32,35). The molecule has 2 amide bonds. The third kappa shape index (κ3) is 7.20. The van der Waals surface area contributed by atoms with Crippen molar-refractivity contribution in [1.82, 2.24) is 15.1 Å². The summed E-state index contributed by atoms with van der Waals surface area (Å²) in [5.74, 6) is 0.740. The van der Waals surface area contributed by atoms with Crippen LogP contribution in [-0.4, -0.2) is 68.8 Å². The van der Waals surface area contributed by atoms with E-state index in [4.69, 9.17) is 4.74 Å². The van der Waals surface area contributed by atoms with Crippen molar-refractivity contribution in [3.8, 4) is 5.75 Å². The van der Waals surface area contributed by atoms with Crippen LogP contribution < -0.4 is 15.4 Å². The number of amides is 2. The van der Waals surface area contributed by atoms with Gasteiger partial charge in [-0.15, -0.1) is 0 Å². The van der Waals surface area contributed by atoms with Gasteiger partial charge in [0.15, 0.2) is 0 Å². The van der Waals surface area contributed by atoms with Crippen molar-refractivity contribution < 1.29 is 9.53 Å². The lowest BCUT2D eigenvalue weighted by Gasteiger charge is -2.32. The minimum atomic E-state index is -0.151. The third-order valence-corrected chi connectivity index (χ3v) is 6.49. The van der Waals surface area contributed by atoms with Gasteiger partial charge in [-0.05, 0) is 28.8 Å². The zero-order chi connectivity index (χ0) is 25.2. The second kappa shape index (κ2) is 12.9. The molecule has 36 heavy (non-hydrogen) atoms. The molecule has 0 spiro atoms. The van der Waals surface area contributed by atoms with Crippen molar-refractivity contribution >= 4 is 11.7 Å². The van der Waals surface area contributed by atoms with Crippen LogP contribution in [0.25, 0.3) is 0 Å². The second-order valence-corrected chi connectivity index (χ2v) is 9.19. The fraction of sp³-hybridized carbons (Fsp3) is 0.300. The highest BCUT2D eigenvalue weighted by atomic mass is 16.5. The van der Waals surface area contributed by atoms with Crippen molar-refractivity contribution in [2.24, 2.45) is 0 Å². The Hall–Kier alpha value is -3.61. The van der Waals surface area contributed by atoms with Crippen LogP contribution in [0.5, 0.6) is 5.75 Å². The average molecular weight is 485 g/mol. The molecule has 6 heteroatoms. The Bertz CT molecular complexity index is 1070. The number of benzene rings is 3. The van der Waals surface area contributed by atoms with Gasteiger partial charge in [0.2, 0.25) is 0 Å². The van der Waals surface area contributed by atoms with E-state index in [1.165, 1.54) is 11.1 Å². The lowest BCUT2D eigenvalue weighted by molar-refractivity contribution is 0.210. The highest BCUT2D eigenvalue weighted by Crippen LogP contribution is 2.27. The van der Waals surface area contributed by atoms with Crippen LogP contribution in [0.15, 0.2) is 97.1 Å². The van der Waals surface area contributed by atoms with Crippen LogP contribution in [0.3, 0.4) is 0 Å². The molecule has 3 aromatic rings.